The van der Waals surface area contributed by atoms with Gasteiger partial charge in [0.2, 0.25) is 11.8 Å². The van der Waals surface area contributed by atoms with Crippen LogP contribution in [-0.4, -0.2) is 57.0 Å². The molecule has 0 aliphatic heterocycles. The summed E-state index contributed by atoms with van der Waals surface area (Å²) in [6.45, 7) is 11.0. The molecule has 42 heavy (non-hydrogen) atoms. The molecule has 0 spiro atoms. The average molecular weight is 596 g/mol. The van der Waals surface area contributed by atoms with Crippen LogP contribution >= 0.6 is 0 Å². The van der Waals surface area contributed by atoms with Crippen molar-refractivity contribution in [3.05, 3.63) is 83.9 Å². The summed E-state index contributed by atoms with van der Waals surface area (Å²) in [5.74, 6) is 0.319. The number of hydrogen-bond acceptors (Lipinski definition) is 6. The van der Waals surface area contributed by atoms with E-state index in [9.17, 15) is 18.0 Å². The predicted octanol–water partition coefficient (Wildman–Crippen LogP) is 4.93. The maximum atomic E-state index is 14.0. The zero-order valence-electron chi connectivity index (χ0n) is 25.4. The third-order valence-corrected chi connectivity index (χ3v) is 8.29. The van der Waals surface area contributed by atoms with Gasteiger partial charge in [0.05, 0.1) is 24.3 Å². The lowest BCUT2D eigenvalue weighted by Crippen LogP contribution is -2.54. The highest BCUT2D eigenvalue weighted by Crippen LogP contribution is 2.26. The summed E-state index contributed by atoms with van der Waals surface area (Å²) in [5.41, 5.74) is 1.51. The lowest BCUT2D eigenvalue weighted by molar-refractivity contribution is -0.140. The highest BCUT2D eigenvalue weighted by Gasteiger charge is 2.33. The van der Waals surface area contributed by atoms with Crippen LogP contribution in [0, 0.1) is 6.92 Å². The summed E-state index contributed by atoms with van der Waals surface area (Å²) in [5, 5.41) is 2.92. The van der Waals surface area contributed by atoms with Gasteiger partial charge < -0.3 is 19.7 Å². The second kappa shape index (κ2) is 13.7. The first-order chi connectivity index (χ1) is 19.7. The first-order valence-electron chi connectivity index (χ1n) is 13.8. The second-order valence-electron chi connectivity index (χ2n) is 11.0. The molecule has 10 heteroatoms. The van der Waals surface area contributed by atoms with Crippen molar-refractivity contribution in [2.75, 3.05) is 24.6 Å². The molecule has 3 rings (SSSR count). The number of nitrogens with zero attached hydrogens (tertiary/aromatic N) is 2. The van der Waals surface area contributed by atoms with Crippen molar-refractivity contribution in [1.82, 2.24) is 10.2 Å². The van der Waals surface area contributed by atoms with Crippen molar-refractivity contribution in [2.24, 2.45) is 0 Å². The number of sulfonamides is 1. The van der Waals surface area contributed by atoms with Gasteiger partial charge in [-0.15, -0.1) is 0 Å². The topological polar surface area (TPSA) is 105 Å². The highest BCUT2D eigenvalue weighted by atomic mass is 32.2. The van der Waals surface area contributed by atoms with E-state index in [-0.39, 0.29) is 17.3 Å². The van der Waals surface area contributed by atoms with Crippen molar-refractivity contribution < 1.29 is 27.5 Å². The molecule has 0 saturated carbocycles. The lowest BCUT2D eigenvalue weighted by Gasteiger charge is -2.33. The SMILES string of the molecule is CCOc1ccc(S(=O)(=O)N(CC(=O)N(Cc2ccc(OC)cc2)C(C)C(=O)NC(C)(C)C)c2ccc(C)cc2)cc1. The van der Waals surface area contributed by atoms with Crippen LogP contribution < -0.4 is 19.1 Å². The molecule has 0 aromatic heterocycles. The standard InChI is InChI=1S/C32H41N3O6S/c1-8-41-28-17-19-29(20-18-28)42(38,39)35(26-13-9-23(2)10-14-26)22-30(36)34(24(3)31(37)33-32(4,5)6)21-25-11-15-27(40-7)16-12-25/h9-20,24H,8,21-22H2,1-7H3,(H,33,37). The average Bonchev–Trinajstić information content (AvgIpc) is 2.94. The van der Waals surface area contributed by atoms with Crippen molar-refractivity contribution in [3.63, 3.8) is 0 Å². The van der Waals surface area contributed by atoms with Crippen LogP contribution in [0.3, 0.4) is 0 Å². The van der Waals surface area contributed by atoms with E-state index in [2.05, 4.69) is 5.32 Å². The van der Waals surface area contributed by atoms with Crippen LogP contribution in [0.15, 0.2) is 77.7 Å². The summed E-state index contributed by atoms with van der Waals surface area (Å²) in [7, 11) is -2.61. The van der Waals surface area contributed by atoms with E-state index in [4.69, 9.17) is 9.47 Å². The molecule has 3 aromatic rings. The number of methoxy groups -OCH3 is 1. The van der Waals surface area contributed by atoms with Crippen LogP contribution in [0.2, 0.25) is 0 Å². The number of aryl methyl sites for hydroxylation is 1. The third-order valence-electron chi connectivity index (χ3n) is 6.50. The molecular formula is C32H41N3O6S. The first-order valence-corrected chi connectivity index (χ1v) is 15.3. The molecule has 0 aliphatic carbocycles. The van der Waals surface area contributed by atoms with Crippen LogP contribution in [-0.2, 0) is 26.2 Å². The summed E-state index contributed by atoms with van der Waals surface area (Å²) in [4.78, 5) is 28.7. The maximum Gasteiger partial charge on any atom is 0.264 e. The van der Waals surface area contributed by atoms with Crippen LogP contribution in [0.5, 0.6) is 11.5 Å². The Balaban J connectivity index is 2.02. The van der Waals surface area contributed by atoms with E-state index in [0.29, 0.717) is 23.8 Å². The van der Waals surface area contributed by atoms with Gasteiger partial charge in [0, 0.05) is 12.1 Å². The van der Waals surface area contributed by atoms with Gasteiger partial charge in [0.1, 0.15) is 24.1 Å². The number of hydrogen-bond donors (Lipinski definition) is 1. The molecule has 1 N–H and O–H groups in total. The monoisotopic (exact) mass is 595 g/mol. The molecule has 0 saturated heterocycles. The lowest BCUT2D eigenvalue weighted by atomic mass is 10.1. The predicted molar refractivity (Wildman–Crippen MR) is 164 cm³/mol. The first kappa shape index (κ1) is 32.5. The molecule has 1 unspecified atom stereocenters. The number of ether oxygens (including phenoxy) is 2. The number of carbonyl (C=O) groups is 2. The number of rotatable bonds is 12. The summed E-state index contributed by atoms with van der Waals surface area (Å²) in [6, 6.07) is 19.3. The second-order valence-corrected chi connectivity index (χ2v) is 12.9. The van der Waals surface area contributed by atoms with Crippen LogP contribution in [0.1, 0.15) is 45.7 Å². The third kappa shape index (κ3) is 8.48. The smallest absolute Gasteiger partial charge is 0.264 e. The fourth-order valence-electron chi connectivity index (χ4n) is 4.23. The molecule has 0 bridgehead atoms. The van der Waals surface area contributed by atoms with Gasteiger partial charge in [-0.2, -0.15) is 0 Å². The normalized spacial score (nSPS) is 12.3. The molecular weight excluding hydrogens is 554 g/mol. The van der Waals surface area contributed by atoms with Gasteiger partial charge in [0.25, 0.3) is 10.0 Å². The van der Waals surface area contributed by atoms with Crippen molar-refractivity contribution >= 4 is 27.5 Å². The number of carbonyl (C=O) groups excluding carboxylic acids is 2. The van der Waals surface area contributed by atoms with Gasteiger partial charge in [-0.1, -0.05) is 29.8 Å². The zero-order valence-corrected chi connectivity index (χ0v) is 26.2. The Morgan fingerprint density at radius 3 is 2.00 bits per heavy atom. The summed E-state index contributed by atoms with van der Waals surface area (Å²) < 4.78 is 39.8. The van der Waals surface area contributed by atoms with E-state index in [1.54, 1.807) is 62.6 Å². The largest absolute Gasteiger partial charge is 0.497 e. The van der Waals surface area contributed by atoms with Crippen molar-refractivity contribution in [2.45, 2.75) is 64.6 Å². The van der Waals surface area contributed by atoms with Gasteiger partial charge in [-0.3, -0.25) is 13.9 Å². The Kier molecular flexibility index (Phi) is 10.6. The van der Waals surface area contributed by atoms with Crippen LogP contribution in [0.4, 0.5) is 5.69 Å². The van der Waals surface area contributed by atoms with Gasteiger partial charge in [0.15, 0.2) is 0 Å². The number of anilines is 1. The molecule has 0 heterocycles. The molecule has 0 radical (unpaired) electrons. The van der Waals surface area contributed by atoms with E-state index < -0.39 is 34.1 Å². The molecule has 0 aliphatic rings. The van der Waals surface area contributed by atoms with Gasteiger partial charge in [-0.25, -0.2) is 8.42 Å². The molecule has 1 atom stereocenters. The van der Waals surface area contributed by atoms with E-state index in [1.165, 1.54) is 17.0 Å². The summed E-state index contributed by atoms with van der Waals surface area (Å²) in [6.07, 6.45) is 0. The molecule has 3 aromatic carbocycles. The Morgan fingerprint density at radius 1 is 0.905 bits per heavy atom. The zero-order chi connectivity index (χ0) is 31.1. The van der Waals surface area contributed by atoms with Crippen molar-refractivity contribution in [3.8, 4) is 11.5 Å². The van der Waals surface area contributed by atoms with Gasteiger partial charge >= 0.3 is 0 Å². The Morgan fingerprint density at radius 2 is 1.48 bits per heavy atom. The van der Waals surface area contributed by atoms with Crippen LogP contribution in [0.25, 0.3) is 0 Å². The minimum Gasteiger partial charge on any atom is -0.497 e. The minimum atomic E-state index is -4.17. The fraction of sp³-hybridized carbons (Fsp3) is 0.375. The van der Waals surface area contributed by atoms with E-state index in [0.717, 1.165) is 15.4 Å². The number of benzene rings is 3. The molecule has 226 valence electrons. The fourth-order valence-corrected chi connectivity index (χ4v) is 5.64. The minimum absolute atomic E-state index is 0.0135. The highest BCUT2D eigenvalue weighted by molar-refractivity contribution is 7.92. The number of nitrogens with one attached hydrogen (secondary N) is 1. The summed E-state index contributed by atoms with van der Waals surface area (Å²) >= 11 is 0. The quantitative estimate of drug-likeness (QED) is 0.318. The van der Waals surface area contributed by atoms with E-state index in [1.807, 2.05) is 46.8 Å². The van der Waals surface area contributed by atoms with E-state index >= 15 is 0 Å². The van der Waals surface area contributed by atoms with Crippen molar-refractivity contribution in [1.29, 1.82) is 0 Å². The molecule has 0 fully saturated rings. The number of amides is 2. The molecule has 9 nitrogen and oxygen atoms in total. The Labute approximate surface area is 249 Å². The van der Waals surface area contributed by atoms with Gasteiger partial charge in [-0.05, 0) is 95.6 Å². The Bertz CT molecular complexity index is 1450. The molecule has 2 amide bonds. The maximum absolute atomic E-state index is 14.0. The Hall–Kier alpha value is -4.05.